The number of carbonyl (C=O) groups excluding carboxylic acids is 1. The summed E-state index contributed by atoms with van der Waals surface area (Å²) in [5.74, 6) is -6.09. The molecular formula is C28H25O15+. The average molecular weight is 601 g/mol. The lowest BCUT2D eigenvalue weighted by Gasteiger charge is -2.41. The molecule has 1 aliphatic heterocycles. The summed E-state index contributed by atoms with van der Waals surface area (Å²) in [5.41, 5.74) is -0.410. The number of phenols is 7. The number of aromatic hydroxyl groups is 7. The van der Waals surface area contributed by atoms with Gasteiger partial charge in [-0.25, -0.2) is 9.21 Å². The Balaban J connectivity index is 1.59. The molecule has 1 aliphatic rings. The van der Waals surface area contributed by atoms with Gasteiger partial charge in [0.25, 0.3) is 0 Å². The molecule has 15 nitrogen and oxygen atoms in total. The largest absolute Gasteiger partial charge is 0.507 e. The number of aliphatic hydroxyl groups is 3. The summed E-state index contributed by atoms with van der Waals surface area (Å²) in [7, 11) is 0. The molecule has 0 amide bonds. The van der Waals surface area contributed by atoms with Crippen molar-refractivity contribution < 1.29 is 74.5 Å². The number of ether oxygens (including phenoxy) is 3. The number of rotatable bonds is 6. The Morgan fingerprint density at radius 2 is 1.51 bits per heavy atom. The van der Waals surface area contributed by atoms with Gasteiger partial charge in [0.05, 0.1) is 23.8 Å². The second-order valence-corrected chi connectivity index (χ2v) is 9.58. The second-order valence-electron chi connectivity index (χ2n) is 9.58. The number of aliphatic hydroxyl groups excluding tert-OH is 3. The predicted octanol–water partition coefficient (Wildman–Crippen LogP) is 1.36. The maximum atomic E-state index is 12.9. The van der Waals surface area contributed by atoms with Crippen LogP contribution in [-0.4, -0.2) is 94.3 Å². The van der Waals surface area contributed by atoms with E-state index in [1.807, 2.05) is 0 Å². The molecule has 3 aromatic carbocycles. The monoisotopic (exact) mass is 601 g/mol. The lowest BCUT2D eigenvalue weighted by atomic mass is 9.99. The smallest absolute Gasteiger partial charge is 0.402 e. The van der Waals surface area contributed by atoms with Crippen molar-refractivity contribution in [1.82, 2.24) is 0 Å². The SMILES string of the molecule is O=C(O[C@@H]1C(O)[C@H](O)C(CO)O[C@H]1Oc1cc2c(O)cc(O)cc2[o+]c1-c1ccc(O)c(O)c1)c1cc(O)c(O)c(O)c1. The minimum atomic E-state index is -1.93. The van der Waals surface area contributed by atoms with Gasteiger partial charge < -0.3 is 65.3 Å². The zero-order valence-corrected chi connectivity index (χ0v) is 21.7. The van der Waals surface area contributed by atoms with Crippen molar-refractivity contribution in [3.05, 3.63) is 54.1 Å². The minimum Gasteiger partial charge on any atom is -0.507 e. The van der Waals surface area contributed by atoms with Crippen molar-refractivity contribution in [2.45, 2.75) is 30.7 Å². The van der Waals surface area contributed by atoms with E-state index < -0.39 is 83.3 Å². The van der Waals surface area contributed by atoms with E-state index in [1.165, 1.54) is 18.2 Å². The number of hydrogen-bond acceptors (Lipinski definition) is 14. The van der Waals surface area contributed by atoms with Gasteiger partial charge in [-0.2, -0.15) is 0 Å². The first-order valence-corrected chi connectivity index (χ1v) is 12.5. The van der Waals surface area contributed by atoms with Crippen LogP contribution in [0.1, 0.15) is 10.4 Å². The normalized spacial score (nSPS) is 21.9. The van der Waals surface area contributed by atoms with Gasteiger partial charge in [0.15, 0.2) is 34.9 Å². The number of hydrogen-bond donors (Lipinski definition) is 10. The van der Waals surface area contributed by atoms with Crippen LogP contribution >= 0.6 is 0 Å². The lowest BCUT2D eigenvalue weighted by Crippen LogP contribution is -2.61. The lowest BCUT2D eigenvalue weighted by molar-refractivity contribution is -0.276. The van der Waals surface area contributed by atoms with Gasteiger partial charge in [-0.15, -0.1) is 0 Å². The highest BCUT2D eigenvalue weighted by Crippen LogP contribution is 2.42. The van der Waals surface area contributed by atoms with Gasteiger partial charge in [-0.05, 0) is 24.3 Å². The fraction of sp³-hybridized carbons (Fsp3) is 0.214. The number of phenolic OH excluding ortho intramolecular Hbond substituents is 7. The van der Waals surface area contributed by atoms with Crippen molar-refractivity contribution in [2.75, 3.05) is 6.61 Å². The van der Waals surface area contributed by atoms with Crippen LogP contribution in [0.4, 0.5) is 0 Å². The third-order valence-corrected chi connectivity index (χ3v) is 6.67. The van der Waals surface area contributed by atoms with E-state index in [9.17, 15) is 55.9 Å². The molecule has 0 bridgehead atoms. The highest BCUT2D eigenvalue weighted by atomic mass is 16.7. The van der Waals surface area contributed by atoms with E-state index in [0.717, 1.165) is 30.3 Å². The van der Waals surface area contributed by atoms with Crippen LogP contribution in [0.2, 0.25) is 0 Å². The zero-order valence-electron chi connectivity index (χ0n) is 21.7. The first-order valence-electron chi connectivity index (χ1n) is 12.5. The Morgan fingerprint density at radius 1 is 0.814 bits per heavy atom. The van der Waals surface area contributed by atoms with E-state index in [-0.39, 0.29) is 33.8 Å². The van der Waals surface area contributed by atoms with Gasteiger partial charge in [-0.1, -0.05) is 0 Å². The summed E-state index contributed by atoms with van der Waals surface area (Å²) in [5, 5.41) is 100. The molecule has 10 N–H and O–H groups in total. The molecule has 5 rings (SSSR count). The Labute approximate surface area is 240 Å². The molecule has 15 heteroatoms. The van der Waals surface area contributed by atoms with Crippen molar-refractivity contribution >= 4 is 16.9 Å². The molecule has 5 atom stereocenters. The van der Waals surface area contributed by atoms with E-state index in [1.54, 1.807) is 0 Å². The van der Waals surface area contributed by atoms with Crippen LogP contribution < -0.4 is 4.74 Å². The minimum absolute atomic E-state index is 0.0123. The fourth-order valence-electron chi connectivity index (χ4n) is 4.45. The summed E-state index contributed by atoms with van der Waals surface area (Å²) in [6.45, 7) is -0.806. The highest BCUT2D eigenvalue weighted by molar-refractivity contribution is 5.91. The Hall–Kier alpha value is -5.22. The van der Waals surface area contributed by atoms with Gasteiger partial charge in [0.2, 0.25) is 12.0 Å². The molecule has 226 valence electrons. The second kappa shape index (κ2) is 11.2. The van der Waals surface area contributed by atoms with E-state index in [4.69, 9.17) is 18.6 Å². The third kappa shape index (κ3) is 5.52. The predicted molar refractivity (Wildman–Crippen MR) is 142 cm³/mol. The van der Waals surface area contributed by atoms with Crippen molar-refractivity contribution in [3.8, 4) is 57.3 Å². The van der Waals surface area contributed by atoms with Crippen molar-refractivity contribution in [2.24, 2.45) is 0 Å². The topological polar surface area (TPSA) is 258 Å². The molecule has 0 aliphatic carbocycles. The molecule has 0 saturated carbocycles. The first-order chi connectivity index (χ1) is 20.4. The van der Waals surface area contributed by atoms with E-state index >= 15 is 0 Å². The maximum absolute atomic E-state index is 12.9. The van der Waals surface area contributed by atoms with Gasteiger partial charge in [-0.3, -0.25) is 0 Å². The number of benzene rings is 3. The van der Waals surface area contributed by atoms with Crippen LogP contribution in [-0.2, 0) is 9.47 Å². The standard InChI is InChI=1S/C28H24O15/c29-9-21-23(37)24(38)26(43-27(39)11-4-17(34)22(36)18(35)5-11)28(42-21)41-20-8-13-15(32)6-12(30)7-19(13)40-25(20)10-1-2-14(31)16(33)3-10/h1-8,21,23-24,26,28-29,37-38H,9H2,(H6-,30,31,32,33,34,35,36,39)/p+1/t21?,23-,24?,26-,28-/m1/s1. The van der Waals surface area contributed by atoms with Crippen LogP contribution in [0.5, 0.6) is 46.0 Å². The summed E-state index contributed by atoms with van der Waals surface area (Å²) in [6, 6.07) is 8.53. The molecule has 1 saturated heterocycles. The number of esters is 1. The van der Waals surface area contributed by atoms with E-state index in [2.05, 4.69) is 0 Å². The number of carbonyl (C=O) groups is 1. The summed E-state index contributed by atoms with van der Waals surface area (Å²) < 4.78 is 22.7. The maximum Gasteiger partial charge on any atom is 0.402 e. The molecule has 1 aromatic heterocycles. The van der Waals surface area contributed by atoms with Gasteiger partial charge >= 0.3 is 17.3 Å². The quantitative estimate of drug-likeness (QED) is 0.0850. The van der Waals surface area contributed by atoms with Crippen LogP contribution in [0, 0.1) is 0 Å². The Bertz CT molecular complexity index is 1680. The van der Waals surface area contributed by atoms with Gasteiger partial charge in [0.1, 0.15) is 35.2 Å². The average Bonchev–Trinajstić information content (AvgIpc) is 2.96. The molecule has 2 unspecified atom stereocenters. The fourth-order valence-corrected chi connectivity index (χ4v) is 4.45. The molecular weight excluding hydrogens is 576 g/mol. The molecule has 43 heavy (non-hydrogen) atoms. The van der Waals surface area contributed by atoms with E-state index in [0.29, 0.717) is 0 Å². The molecule has 1 fully saturated rings. The summed E-state index contributed by atoms with van der Waals surface area (Å²) in [6.07, 6.45) is -8.79. The number of fused-ring (bicyclic) bond motifs is 1. The van der Waals surface area contributed by atoms with Crippen LogP contribution in [0.15, 0.2) is 52.9 Å². The first kappa shape index (κ1) is 29.3. The summed E-state index contributed by atoms with van der Waals surface area (Å²) >= 11 is 0. The highest BCUT2D eigenvalue weighted by Gasteiger charge is 2.49. The van der Waals surface area contributed by atoms with Crippen molar-refractivity contribution in [3.63, 3.8) is 0 Å². The molecule has 0 radical (unpaired) electrons. The molecule has 0 spiro atoms. The Morgan fingerprint density at radius 3 is 2.16 bits per heavy atom. The molecule has 2 heterocycles. The van der Waals surface area contributed by atoms with Crippen LogP contribution in [0.3, 0.4) is 0 Å². The third-order valence-electron chi connectivity index (χ3n) is 6.67. The van der Waals surface area contributed by atoms with Crippen molar-refractivity contribution in [1.29, 1.82) is 0 Å². The summed E-state index contributed by atoms with van der Waals surface area (Å²) in [4.78, 5) is 12.9. The van der Waals surface area contributed by atoms with Crippen LogP contribution in [0.25, 0.3) is 22.3 Å². The molecule has 4 aromatic rings. The zero-order chi connectivity index (χ0) is 31.2. The van der Waals surface area contributed by atoms with Gasteiger partial charge in [0, 0.05) is 18.2 Å². The Kier molecular flexibility index (Phi) is 7.64.